The van der Waals surface area contributed by atoms with Crippen LogP contribution in [0.15, 0.2) is 48.0 Å². The number of benzene rings is 2. The van der Waals surface area contributed by atoms with Gasteiger partial charge in [-0.05, 0) is 66.5 Å². The van der Waals surface area contributed by atoms with E-state index in [0.717, 1.165) is 41.9 Å². The molecule has 2 aromatic rings. The third-order valence-corrected chi connectivity index (χ3v) is 6.61. The highest BCUT2D eigenvalue weighted by atomic mass is 16.5. The average Bonchev–Trinajstić information content (AvgIpc) is 3.44. The predicted octanol–water partition coefficient (Wildman–Crippen LogP) is 4.24. The van der Waals surface area contributed by atoms with E-state index in [1.54, 1.807) is 26.4 Å². The van der Waals surface area contributed by atoms with Crippen LogP contribution >= 0.6 is 0 Å². The van der Waals surface area contributed by atoms with E-state index in [1.165, 1.54) is 12.7 Å². The van der Waals surface area contributed by atoms with Crippen molar-refractivity contribution in [2.75, 3.05) is 21.3 Å². The Bertz CT molecular complexity index is 1000. The quantitative estimate of drug-likeness (QED) is 0.659. The van der Waals surface area contributed by atoms with Gasteiger partial charge in [-0.1, -0.05) is 23.8 Å². The molecule has 2 aromatic carbocycles. The first-order valence-electron chi connectivity index (χ1n) is 10.9. The minimum absolute atomic E-state index is 0.0651. The summed E-state index contributed by atoms with van der Waals surface area (Å²) in [6.07, 6.45) is 5.44. The van der Waals surface area contributed by atoms with Crippen molar-refractivity contribution in [1.29, 1.82) is 0 Å². The number of carbonyl (C=O) groups is 2. The van der Waals surface area contributed by atoms with E-state index >= 15 is 0 Å². The molecule has 2 aliphatic rings. The lowest BCUT2D eigenvalue weighted by Gasteiger charge is -2.24. The summed E-state index contributed by atoms with van der Waals surface area (Å²) < 4.78 is 15.5. The van der Waals surface area contributed by atoms with E-state index in [-0.39, 0.29) is 17.8 Å². The molecule has 3 atom stereocenters. The zero-order valence-corrected chi connectivity index (χ0v) is 18.7. The molecule has 6 heteroatoms. The molecule has 6 nitrogen and oxygen atoms in total. The molecule has 0 aliphatic heterocycles. The fraction of sp³-hybridized carbons (Fsp3) is 0.385. The Kier molecular flexibility index (Phi) is 6.49. The maximum atomic E-state index is 13.2. The van der Waals surface area contributed by atoms with Gasteiger partial charge in [0.1, 0.15) is 11.5 Å². The summed E-state index contributed by atoms with van der Waals surface area (Å²) in [7, 11) is 4.63. The number of hydrogen-bond donors (Lipinski definition) is 1. The molecule has 2 aliphatic carbocycles. The number of rotatable bonds is 7. The Balaban J connectivity index is 1.50. The summed E-state index contributed by atoms with van der Waals surface area (Å²) in [5, 5.41) is 3.10. The van der Waals surface area contributed by atoms with Gasteiger partial charge in [0.05, 0.1) is 32.8 Å². The first kappa shape index (κ1) is 21.9. The van der Waals surface area contributed by atoms with Gasteiger partial charge >= 0.3 is 5.97 Å². The van der Waals surface area contributed by atoms with Gasteiger partial charge in [0, 0.05) is 12.6 Å². The van der Waals surface area contributed by atoms with E-state index in [0.29, 0.717) is 23.9 Å². The molecule has 1 N–H and O–H groups in total. The van der Waals surface area contributed by atoms with Crippen molar-refractivity contribution in [3.05, 3.63) is 64.7 Å². The summed E-state index contributed by atoms with van der Waals surface area (Å²) >= 11 is 0. The fourth-order valence-corrected chi connectivity index (χ4v) is 5.00. The minimum atomic E-state index is -0.369. The van der Waals surface area contributed by atoms with Crippen LogP contribution in [0.3, 0.4) is 0 Å². The maximum absolute atomic E-state index is 13.2. The van der Waals surface area contributed by atoms with Gasteiger partial charge in [-0.15, -0.1) is 0 Å². The number of ether oxygens (including phenoxy) is 3. The van der Waals surface area contributed by atoms with E-state index in [1.807, 2.05) is 30.3 Å². The second kappa shape index (κ2) is 9.47. The zero-order valence-electron chi connectivity index (χ0n) is 18.7. The third-order valence-electron chi connectivity index (χ3n) is 6.61. The van der Waals surface area contributed by atoms with E-state index in [4.69, 9.17) is 14.2 Å². The Morgan fingerprint density at radius 1 is 1.00 bits per heavy atom. The van der Waals surface area contributed by atoms with Crippen molar-refractivity contribution in [2.24, 2.45) is 17.8 Å². The van der Waals surface area contributed by atoms with E-state index in [2.05, 4.69) is 11.4 Å². The van der Waals surface area contributed by atoms with Gasteiger partial charge < -0.3 is 19.5 Å². The average molecular weight is 436 g/mol. The Hall–Kier alpha value is -3.28. The van der Waals surface area contributed by atoms with Crippen LogP contribution in [0.25, 0.3) is 6.08 Å². The van der Waals surface area contributed by atoms with E-state index in [9.17, 15) is 9.59 Å². The fourth-order valence-electron chi connectivity index (χ4n) is 5.00. The van der Waals surface area contributed by atoms with Crippen LogP contribution in [0.4, 0.5) is 0 Å². The second-order valence-electron chi connectivity index (χ2n) is 8.44. The molecular weight excluding hydrogens is 406 g/mol. The third kappa shape index (κ3) is 4.49. The molecule has 2 saturated carbocycles. The molecule has 2 fully saturated rings. The zero-order chi connectivity index (χ0) is 22.7. The number of methoxy groups -OCH3 is 3. The van der Waals surface area contributed by atoms with Crippen LogP contribution in [-0.4, -0.2) is 33.2 Å². The van der Waals surface area contributed by atoms with Crippen molar-refractivity contribution in [3.63, 3.8) is 0 Å². The maximum Gasteiger partial charge on any atom is 0.337 e. The molecule has 2 bridgehead atoms. The molecule has 0 spiro atoms. The van der Waals surface area contributed by atoms with E-state index < -0.39 is 0 Å². The monoisotopic (exact) mass is 435 g/mol. The molecule has 0 radical (unpaired) electrons. The topological polar surface area (TPSA) is 73.9 Å². The molecular formula is C26H29NO5. The highest BCUT2D eigenvalue weighted by molar-refractivity contribution is 5.89. The predicted molar refractivity (Wildman–Crippen MR) is 121 cm³/mol. The molecule has 0 aromatic heterocycles. The Morgan fingerprint density at radius 2 is 1.69 bits per heavy atom. The second-order valence-corrected chi connectivity index (χ2v) is 8.44. The summed E-state index contributed by atoms with van der Waals surface area (Å²) in [4.78, 5) is 24.8. The molecule has 4 rings (SSSR count). The molecule has 168 valence electrons. The number of nitrogens with one attached hydrogen (secondary N) is 1. The number of amides is 1. The highest BCUT2D eigenvalue weighted by Gasteiger charge is 2.46. The lowest BCUT2D eigenvalue weighted by Crippen LogP contribution is -2.34. The molecule has 0 heterocycles. The van der Waals surface area contributed by atoms with Gasteiger partial charge in [-0.2, -0.15) is 0 Å². The van der Waals surface area contributed by atoms with Gasteiger partial charge in [-0.3, -0.25) is 4.79 Å². The molecule has 32 heavy (non-hydrogen) atoms. The van der Waals surface area contributed by atoms with Crippen LogP contribution < -0.4 is 14.8 Å². The smallest absolute Gasteiger partial charge is 0.337 e. The van der Waals surface area contributed by atoms with Crippen LogP contribution in [0, 0.1) is 17.8 Å². The van der Waals surface area contributed by atoms with Crippen molar-refractivity contribution < 1.29 is 23.8 Å². The van der Waals surface area contributed by atoms with Crippen molar-refractivity contribution in [3.8, 4) is 11.5 Å². The first-order valence-corrected chi connectivity index (χ1v) is 10.9. The molecule has 0 unspecified atom stereocenters. The van der Waals surface area contributed by atoms with Gasteiger partial charge in [0.2, 0.25) is 5.91 Å². The van der Waals surface area contributed by atoms with Crippen LogP contribution in [0.1, 0.15) is 40.7 Å². The van der Waals surface area contributed by atoms with Gasteiger partial charge in [-0.25, -0.2) is 4.79 Å². The summed E-state index contributed by atoms with van der Waals surface area (Å²) in [6.45, 7) is 0.425. The number of carbonyl (C=O) groups excluding carboxylic acids is 2. The first-order chi connectivity index (χ1) is 15.5. The van der Waals surface area contributed by atoms with Crippen molar-refractivity contribution in [2.45, 2.75) is 25.8 Å². The van der Waals surface area contributed by atoms with Crippen LogP contribution in [0.5, 0.6) is 11.5 Å². The van der Waals surface area contributed by atoms with Gasteiger partial charge in [0.25, 0.3) is 0 Å². The van der Waals surface area contributed by atoms with Crippen LogP contribution in [0.2, 0.25) is 0 Å². The lowest BCUT2D eigenvalue weighted by molar-refractivity contribution is -0.125. The minimum Gasteiger partial charge on any atom is -0.497 e. The SMILES string of the molecule is COC(=O)c1ccc(CNC(=O)[C@H]2/C(=C/c3cc(OC)cc(OC)c3)[C@@H]3CC[C@H]2C3)cc1. The standard InChI is InChI=1S/C26H29NO5/c1-30-21-10-17(11-22(14-21)31-2)12-23-19-8-9-20(13-19)24(23)25(28)27-15-16-4-6-18(7-5-16)26(29)32-3/h4-7,10-12,14,19-20,24H,8-9,13,15H2,1-3H3,(H,27,28)/b23-12+/t19-,20+,24-/m1/s1. The van der Waals surface area contributed by atoms with Crippen molar-refractivity contribution >= 4 is 18.0 Å². The number of esters is 1. The Morgan fingerprint density at radius 3 is 2.31 bits per heavy atom. The highest BCUT2D eigenvalue weighted by Crippen LogP contribution is 2.52. The largest absolute Gasteiger partial charge is 0.497 e. The molecule has 0 saturated heterocycles. The van der Waals surface area contributed by atoms with Gasteiger partial charge in [0.15, 0.2) is 0 Å². The van der Waals surface area contributed by atoms with Crippen molar-refractivity contribution in [1.82, 2.24) is 5.32 Å². The number of hydrogen-bond acceptors (Lipinski definition) is 5. The summed E-state index contributed by atoms with van der Waals surface area (Å²) in [5.41, 5.74) is 3.63. The summed E-state index contributed by atoms with van der Waals surface area (Å²) in [6, 6.07) is 12.9. The Labute approximate surface area is 188 Å². The lowest BCUT2D eigenvalue weighted by atomic mass is 9.82. The normalized spacial score (nSPS) is 22.6. The molecule has 1 amide bonds. The number of fused-ring (bicyclic) bond motifs is 2. The summed E-state index contributed by atoms with van der Waals surface area (Å²) in [5.74, 6) is 1.89. The van der Waals surface area contributed by atoms with Crippen LogP contribution in [-0.2, 0) is 16.1 Å².